The first-order valence-electron chi connectivity index (χ1n) is 6.51. The minimum Gasteiger partial charge on any atom is -0.479 e. The maximum absolute atomic E-state index is 13.1. The highest BCUT2D eigenvalue weighted by Gasteiger charge is 2.38. The van der Waals surface area contributed by atoms with Crippen LogP contribution in [0.15, 0.2) is 53.0 Å². The zero-order chi connectivity index (χ0) is 15.5. The van der Waals surface area contributed by atoms with Crippen LogP contribution in [0.2, 0.25) is 0 Å². The van der Waals surface area contributed by atoms with E-state index >= 15 is 0 Å². The second kappa shape index (κ2) is 6.26. The van der Waals surface area contributed by atoms with E-state index in [0.29, 0.717) is 17.7 Å². The summed E-state index contributed by atoms with van der Waals surface area (Å²) in [5.74, 6) is -1.39. The average Bonchev–Trinajstić information content (AvgIpc) is 2.47. The maximum atomic E-state index is 13.1. The van der Waals surface area contributed by atoms with Crippen LogP contribution < -0.4 is 5.32 Å². The molecule has 1 unspecified atom stereocenters. The van der Waals surface area contributed by atoms with Gasteiger partial charge in [0.1, 0.15) is 5.82 Å². The van der Waals surface area contributed by atoms with Gasteiger partial charge in [-0.2, -0.15) is 0 Å². The smallest absolute Gasteiger partial charge is 0.334 e. The van der Waals surface area contributed by atoms with Gasteiger partial charge < -0.3 is 10.4 Å². The first kappa shape index (κ1) is 15.5. The lowest BCUT2D eigenvalue weighted by molar-refractivity contribution is -0.142. The summed E-state index contributed by atoms with van der Waals surface area (Å²) in [6, 6.07) is 12.8. The number of carboxylic acids is 1. The average molecular weight is 352 g/mol. The fourth-order valence-electron chi connectivity index (χ4n) is 2.21. The Labute approximate surface area is 130 Å². The number of anilines is 1. The van der Waals surface area contributed by atoms with Gasteiger partial charge in [0.2, 0.25) is 0 Å². The maximum Gasteiger partial charge on any atom is 0.334 e. The Morgan fingerprint density at radius 2 is 1.76 bits per heavy atom. The molecule has 0 fully saturated rings. The fourth-order valence-corrected chi connectivity index (χ4v) is 2.47. The highest BCUT2D eigenvalue weighted by molar-refractivity contribution is 9.10. The molecule has 110 valence electrons. The van der Waals surface area contributed by atoms with E-state index in [2.05, 4.69) is 21.2 Å². The van der Waals surface area contributed by atoms with Crippen LogP contribution in [0.4, 0.5) is 10.1 Å². The van der Waals surface area contributed by atoms with Gasteiger partial charge in [-0.15, -0.1) is 0 Å². The molecule has 0 bridgehead atoms. The topological polar surface area (TPSA) is 49.3 Å². The summed E-state index contributed by atoms with van der Waals surface area (Å²) < 4.78 is 14.0. The van der Waals surface area contributed by atoms with Crippen LogP contribution in [0, 0.1) is 5.82 Å². The van der Waals surface area contributed by atoms with Crippen LogP contribution in [-0.2, 0) is 10.3 Å². The summed E-state index contributed by atoms with van der Waals surface area (Å²) in [4.78, 5) is 11.8. The van der Waals surface area contributed by atoms with Crippen molar-refractivity contribution in [3.8, 4) is 0 Å². The van der Waals surface area contributed by atoms with Crippen molar-refractivity contribution in [2.75, 3.05) is 5.32 Å². The second-order valence-electron chi connectivity index (χ2n) is 4.70. The van der Waals surface area contributed by atoms with Crippen molar-refractivity contribution in [3.63, 3.8) is 0 Å². The molecule has 2 N–H and O–H groups in total. The van der Waals surface area contributed by atoms with Crippen LogP contribution >= 0.6 is 15.9 Å². The molecule has 0 aliphatic heterocycles. The van der Waals surface area contributed by atoms with Gasteiger partial charge in [-0.25, -0.2) is 9.18 Å². The Bertz CT molecular complexity index is 628. The van der Waals surface area contributed by atoms with Crippen LogP contribution in [-0.4, -0.2) is 11.1 Å². The molecule has 0 radical (unpaired) electrons. The molecule has 0 spiro atoms. The third-order valence-corrected chi connectivity index (χ3v) is 3.96. The number of rotatable bonds is 5. The monoisotopic (exact) mass is 351 g/mol. The van der Waals surface area contributed by atoms with Crippen molar-refractivity contribution >= 4 is 27.6 Å². The van der Waals surface area contributed by atoms with Crippen molar-refractivity contribution in [3.05, 3.63) is 64.4 Å². The third kappa shape index (κ3) is 3.24. The molecule has 0 heterocycles. The molecular formula is C16H15BrFNO2. The predicted molar refractivity (Wildman–Crippen MR) is 83.8 cm³/mol. The number of hydrogen-bond donors (Lipinski definition) is 2. The standard InChI is InChI=1S/C16H15BrFNO2/c1-2-16(15(20)21,11-3-7-13(18)8-4-11)19-14-9-5-12(17)6-10-14/h3-10,19H,2H2,1H3,(H,20,21). The first-order chi connectivity index (χ1) is 9.98. The number of nitrogens with one attached hydrogen (secondary N) is 1. The molecule has 0 aliphatic rings. The molecule has 1 atom stereocenters. The van der Waals surface area contributed by atoms with E-state index in [1.807, 2.05) is 12.1 Å². The quantitative estimate of drug-likeness (QED) is 0.839. The summed E-state index contributed by atoms with van der Waals surface area (Å²) in [6.07, 6.45) is 0.323. The van der Waals surface area contributed by atoms with Crippen molar-refractivity contribution in [1.29, 1.82) is 0 Å². The Balaban J connectivity index is 2.44. The van der Waals surface area contributed by atoms with Crippen molar-refractivity contribution in [2.24, 2.45) is 0 Å². The van der Waals surface area contributed by atoms with Crippen LogP contribution in [0.25, 0.3) is 0 Å². The summed E-state index contributed by atoms with van der Waals surface area (Å²) in [6.45, 7) is 1.78. The van der Waals surface area contributed by atoms with Gasteiger partial charge in [0, 0.05) is 10.2 Å². The highest BCUT2D eigenvalue weighted by Crippen LogP contribution is 2.31. The van der Waals surface area contributed by atoms with E-state index in [1.165, 1.54) is 24.3 Å². The molecule has 0 aromatic heterocycles. The van der Waals surface area contributed by atoms with Gasteiger partial charge in [-0.3, -0.25) is 0 Å². The number of hydrogen-bond acceptors (Lipinski definition) is 2. The van der Waals surface area contributed by atoms with E-state index in [-0.39, 0.29) is 0 Å². The lowest BCUT2D eigenvalue weighted by Gasteiger charge is -2.31. The summed E-state index contributed by atoms with van der Waals surface area (Å²) in [5, 5.41) is 12.8. The Kier molecular flexibility index (Phi) is 4.63. The van der Waals surface area contributed by atoms with Gasteiger partial charge >= 0.3 is 5.97 Å². The SMILES string of the molecule is CCC(Nc1ccc(Br)cc1)(C(=O)O)c1ccc(F)cc1. The molecule has 3 nitrogen and oxygen atoms in total. The second-order valence-corrected chi connectivity index (χ2v) is 5.62. The van der Waals surface area contributed by atoms with E-state index in [4.69, 9.17) is 0 Å². The Morgan fingerprint density at radius 1 is 1.19 bits per heavy atom. The van der Waals surface area contributed by atoms with E-state index in [1.54, 1.807) is 19.1 Å². The van der Waals surface area contributed by atoms with Crippen LogP contribution in [0.3, 0.4) is 0 Å². The molecule has 2 rings (SSSR count). The number of aliphatic carboxylic acids is 1. The third-order valence-electron chi connectivity index (χ3n) is 3.43. The molecular weight excluding hydrogens is 337 g/mol. The first-order valence-corrected chi connectivity index (χ1v) is 7.30. The number of halogens is 2. The summed E-state index contributed by atoms with van der Waals surface area (Å²) >= 11 is 3.34. The van der Waals surface area contributed by atoms with E-state index in [0.717, 1.165) is 4.47 Å². The molecule has 2 aromatic rings. The molecule has 0 saturated carbocycles. The van der Waals surface area contributed by atoms with Gasteiger partial charge in [0.15, 0.2) is 5.54 Å². The van der Waals surface area contributed by atoms with Crippen molar-refractivity contribution in [2.45, 2.75) is 18.9 Å². The lowest BCUT2D eigenvalue weighted by atomic mass is 9.87. The minimum atomic E-state index is -1.29. The Morgan fingerprint density at radius 3 is 2.24 bits per heavy atom. The zero-order valence-electron chi connectivity index (χ0n) is 11.4. The van der Waals surface area contributed by atoms with Crippen molar-refractivity contribution < 1.29 is 14.3 Å². The van der Waals surface area contributed by atoms with Gasteiger partial charge in [0.05, 0.1) is 0 Å². The molecule has 5 heteroatoms. The van der Waals surface area contributed by atoms with Gasteiger partial charge in [-0.1, -0.05) is 35.0 Å². The van der Waals surface area contributed by atoms with Crippen LogP contribution in [0.5, 0.6) is 0 Å². The largest absolute Gasteiger partial charge is 0.479 e. The van der Waals surface area contributed by atoms with Crippen molar-refractivity contribution in [1.82, 2.24) is 0 Å². The minimum absolute atomic E-state index is 0.323. The van der Waals surface area contributed by atoms with Gasteiger partial charge in [0.25, 0.3) is 0 Å². The molecule has 0 aliphatic carbocycles. The molecule has 21 heavy (non-hydrogen) atoms. The number of benzene rings is 2. The highest BCUT2D eigenvalue weighted by atomic mass is 79.9. The number of carboxylic acid groups (broad SMARTS) is 1. The number of carbonyl (C=O) groups is 1. The van der Waals surface area contributed by atoms with Gasteiger partial charge in [-0.05, 0) is 48.4 Å². The summed E-state index contributed by atoms with van der Waals surface area (Å²) in [5.41, 5.74) is -0.0877. The predicted octanol–water partition coefficient (Wildman–Crippen LogP) is 4.39. The fraction of sp³-hybridized carbons (Fsp3) is 0.188. The zero-order valence-corrected chi connectivity index (χ0v) is 13.0. The normalized spacial score (nSPS) is 13.5. The van der Waals surface area contributed by atoms with E-state index in [9.17, 15) is 14.3 Å². The Hall–Kier alpha value is -1.88. The summed E-state index contributed by atoms with van der Waals surface area (Å²) in [7, 11) is 0. The lowest BCUT2D eigenvalue weighted by Crippen LogP contribution is -2.43. The molecule has 0 amide bonds. The van der Waals surface area contributed by atoms with Crippen LogP contribution in [0.1, 0.15) is 18.9 Å². The molecule has 0 saturated heterocycles. The molecule has 2 aromatic carbocycles. The van der Waals surface area contributed by atoms with E-state index < -0.39 is 17.3 Å².